The molecule has 5 aromatic rings. The smallest absolute Gasteiger partial charge is 0.332 e. The van der Waals surface area contributed by atoms with E-state index in [9.17, 15) is 20.0 Å². The highest BCUT2D eigenvalue weighted by atomic mass is 16.3. The first-order valence-electron chi connectivity index (χ1n) is 12.4. The molecule has 0 radical (unpaired) electrons. The molecule has 0 amide bonds. The average Bonchev–Trinajstić information content (AvgIpc) is 3.62. The van der Waals surface area contributed by atoms with E-state index in [0.29, 0.717) is 29.4 Å². The highest BCUT2D eigenvalue weighted by molar-refractivity contribution is 5.86. The van der Waals surface area contributed by atoms with Gasteiger partial charge in [0.2, 0.25) is 5.95 Å². The van der Waals surface area contributed by atoms with Crippen LogP contribution in [-0.2, 0) is 20.6 Å². The number of aryl methyl sites for hydroxylation is 2. The van der Waals surface area contributed by atoms with Crippen LogP contribution in [0.25, 0.3) is 22.1 Å². The zero-order valence-corrected chi connectivity index (χ0v) is 21.0. The van der Waals surface area contributed by atoms with Crippen LogP contribution in [0.2, 0.25) is 0 Å². The summed E-state index contributed by atoms with van der Waals surface area (Å²) in [5.41, 5.74) is 2.40. The SMILES string of the molecule is Cn1c(Nc2cccc(C3CCC(O)C3)n2)nc2c1c(=O)n(Cc1cc3c(C#N)cccc3[nH]1)c(=O)n2C. The summed E-state index contributed by atoms with van der Waals surface area (Å²) in [6, 6.07) is 15.0. The molecule has 3 N–H and O–H groups in total. The molecule has 0 spiro atoms. The topological polar surface area (TPSA) is 147 Å². The van der Waals surface area contributed by atoms with Crippen LogP contribution >= 0.6 is 0 Å². The number of fused-ring (bicyclic) bond motifs is 2. The highest BCUT2D eigenvalue weighted by Gasteiger charge is 2.25. The Morgan fingerprint density at radius 1 is 1.13 bits per heavy atom. The van der Waals surface area contributed by atoms with Crippen molar-refractivity contribution in [3.05, 3.63) is 80.3 Å². The quantitative estimate of drug-likeness (QED) is 0.329. The summed E-state index contributed by atoms with van der Waals surface area (Å²) < 4.78 is 4.14. The van der Waals surface area contributed by atoms with Crippen molar-refractivity contribution in [2.75, 3.05) is 5.32 Å². The van der Waals surface area contributed by atoms with E-state index in [1.165, 1.54) is 4.57 Å². The number of aliphatic hydroxyl groups excluding tert-OH is 1. The standard InChI is InChI=1S/C27H26N8O3/c1-33-23-24(32-26(33)31-22-8-4-6-20(30-22)15-9-10-18(36)11-15)34(2)27(38)35(25(23)37)14-17-12-19-16(13-28)5-3-7-21(19)29-17/h3-8,12,15,18,29,36H,9-11,14H2,1-2H3,(H,30,31,32). The third kappa shape index (κ3) is 3.86. The second-order valence-corrected chi connectivity index (χ2v) is 9.81. The predicted octanol–water partition coefficient (Wildman–Crippen LogP) is 2.60. The minimum absolute atomic E-state index is 0.0196. The predicted molar refractivity (Wildman–Crippen MR) is 142 cm³/mol. The van der Waals surface area contributed by atoms with Crippen molar-refractivity contribution >= 4 is 33.8 Å². The number of nitrogens with one attached hydrogen (secondary N) is 2. The zero-order chi connectivity index (χ0) is 26.6. The van der Waals surface area contributed by atoms with Crippen molar-refractivity contribution in [1.29, 1.82) is 5.26 Å². The fourth-order valence-electron chi connectivity index (χ4n) is 5.35. The van der Waals surface area contributed by atoms with Gasteiger partial charge in [0.15, 0.2) is 11.2 Å². The van der Waals surface area contributed by atoms with E-state index in [1.54, 1.807) is 36.9 Å². The summed E-state index contributed by atoms with van der Waals surface area (Å²) in [4.78, 5) is 39.2. The first-order chi connectivity index (χ1) is 18.3. The number of anilines is 2. The van der Waals surface area contributed by atoms with Gasteiger partial charge in [0.25, 0.3) is 5.56 Å². The number of aromatic amines is 1. The molecule has 192 valence electrons. The normalized spacial score (nSPS) is 17.3. The van der Waals surface area contributed by atoms with Crippen molar-refractivity contribution in [2.24, 2.45) is 14.1 Å². The number of rotatable bonds is 5. The average molecular weight is 511 g/mol. The summed E-state index contributed by atoms with van der Waals surface area (Å²) in [5.74, 6) is 1.15. The van der Waals surface area contributed by atoms with Crippen molar-refractivity contribution < 1.29 is 5.11 Å². The van der Waals surface area contributed by atoms with Crippen molar-refractivity contribution in [2.45, 2.75) is 37.8 Å². The number of H-pyrrole nitrogens is 1. The number of aliphatic hydroxyl groups is 1. The molecule has 1 fully saturated rings. The molecule has 6 rings (SSSR count). The van der Waals surface area contributed by atoms with Gasteiger partial charge in [0, 0.05) is 42.3 Å². The monoisotopic (exact) mass is 510 g/mol. The van der Waals surface area contributed by atoms with Crippen molar-refractivity contribution in [3.63, 3.8) is 0 Å². The maximum absolute atomic E-state index is 13.5. The molecule has 4 aromatic heterocycles. The Bertz CT molecular complexity index is 1870. The number of pyridine rings is 1. The number of aromatic nitrogens is 6. The van der Waals surface area contributed by atoms with E-state index >= 15 is 0 Å². The second-order valence-electron chi connectivity index (χ2n) is 9.81. The summed E-state index contributed by atoms with van der Waals surface area (Å²) in [5, 5.41) is 23.2. The van der Waals surface area contributed by atoms with Gasteiger partial charge in [-0.3, -0.25) is 13.9 Å². The molecular weight excluding hydrogens is 484 g/mol. The Morgan fingerprint density at radius 3 is 2.71 bits per heavy atom. The van der Waals surface area contributed by atoms with E-state index in [0.717, 1.165) is 34.0 Å². The van der Waals surface area contributed by atoms with Gasteiger partial charge in [-0.2, -0.15) is 10.2 Å². The van der Waals surface area contributed by atoms with Gasteiger partial charge in [-0.05, 0) is 49.6 Å². The maximum Gasteiger partial charge on any atom is 0.332 e. The summed E-state index contributed by atoms with van der Waals surface area (Å²) in [6.07, 6.45) is 2.06. The molecule has 0 saturated heterocycles. The van der Waals surface area contributed by atoms with Crippen LogP contribution in [0.15, 0.2) is 52.1 Å². The molecule has 1 aromatic carbocycles. The van der Waals surface area contributed by atoms with Crippen LogP contribution < -0.4 is 16.6 Å². The van der Waals surface area contributed by atoms with Crippen LogP contribution in [0, 0.1) is 11.3 Å². The Labute approximate surface area is 216 Å². The molecule has 0 bridgehead atoms. The minimum Gasteiger partial charge on any atom is -0.393 e. The largest absolute Gasteiger partial charge is 0.393 e. The van der Waals surface area contributed by atoms with Gasteiger partial charge < -0.3 is 20.0 Å². The van der Waals surface area contributed by atoms with E-state index in [-0.39, 0.29) is 29.7 Å². The Kier molecular flexibility index (Phi) is 5.61. The van der Waals surface area contributed by atoms with E-state index < -0.39 is 11.2 Å². The molecule has 2 atom stereocenters. The zero-order valence-electron chi connectivity index (χ0n) is 21.0. The van der Waals surface area contributed by atoms with Crippen LogP contribution in [0.1, 0.15) is 42.1 Å². The summed E-state index contributed by atoms with van der Waals surface area (Å²) in [7, 11) is 3.30. The lowest BCUT2D eigenvalue weighted by Gasteiger charge is -2.11. The molecule has 1 aliphatic rings. The molecule has 1 aliphatic carbocycles. The molecule has 4 heterocycles. The van der Waals surface area contributed by atoms with Crippen LogP contribution in [0.5, 0.6) is 0 Å². The third-order valence-corrected chi connectivity index (χ3v) is 7.36. The molecule has 2 unspecified atom stereocenters. The minimum atomic E-state index is -0.494. The fourth-order valence-corrected chi connectivity index (χ4v) is 5.35. The molecular formula is C27H26N8O3. The number of benzene rings is 1. The van der Waals surface area contributed by atoms with Crippen LogP contribution in [0.4, 0.5) is 11.8 Å². The maximum atomic E-state index is 13.5. The lowest BCUT2D eigenvalue weighted by Crippen LogP contribution is -2.39. The van der Waals surface area contributed by atoms with Gasteiger partial charge in [-0.15, -0.1) is 0 Å². The van der Waals surface area contributed by atoms with Crippen molar-refractivity contribution in [1.82, 2.24) is 28.7 Å². The number of hydrogen-bond donors (Lipinski definition) is 3. The fraction of sp³-hybridized carbons (Fsp3) is 0.296. The number of nitriles is 1. The molecule has 11 nitrogen and oxygen atoms in total. The highest BCUT2D eigenvalue weighted by Crippen LogP contribution is 2.34. The van der Waals surface area contributed by atoms with Gasteiger partial charge in [0.1, 0.15) is 5.82 Å². The lowest BCUT2D eigenvalue weighted by atomic mass is 10.0. The first-order valence-corrected chi connectivity index (χ1v) is 12.4. The van der Waals surface area contributed by atoms with Gasteiger partial charge in [-0.25, -0.2) is 9.78 Å². The lowest BCUT2D eigenvalue weighted by molar-refractivity contribution is 0.181. The van der Waals surface area contributed by atoms with E-state index in [4.69, 9.17) is 4.98 Å². The summed E-state index contributed by atoms with van der Waals surface area (Å²) >= 11 is 0. The second kappa shape index (κ2) is 9.00. The number of nitrogens with zero attached hydrogens (tertiary/aromatic N) is 6. The molecule has 38 heavy (non-hydrogen) atoms. The number of hydrogen-bond acceptors (Lipinski definition) is 7. The van der Waals surface area contributed by atoms with E-state index in [1.807, 2.05) is 24.3 Å². The van der Waals surface area contributed by atoms with Crippen LogP contribution in [0.3, 0.4) is 0 Å². The molecule has 0 aliphatic heterocycles. The van der Waals surface area contributed by atoms with E-state index in [2.05, 4.69) is 21.4 Å². The molecule has 11 heteroatoms. The summed E-state index contributed by atoms with van der Waals surface area (Å²) in [6.45, 7) is 0.0196. The Hall–Kier alpha value is -4.69. The Morgan fingerprint density at radius 2 is 1.95 bits per heavy atom. The van der Waals surface area contributed by atoms with Crippen LogP contribution in [-0.4, -0.2) is 39.9 Å². The van der Waals surface area contributed by atoms with Gasteiger partial charge in [0.05, 0.1) is 24.3 Å². The van der Waals surface area contributed by atoms with Gasteiger partial charge in [-0.1, -0.05) is 12.1 Å². The van der Waals surface area contributed by atoms with Crippen molar-refractivity contribution in [3.8, 4) is 6.07 Å². The number of imidazole rings is 1. The Balaban J connectivity index is 1.37. The third-order valence-electron chi connectivity index (χ3n) is 7.36. The molecule has 1 saturated carbocycles. The van der Waals surface area contributed by atoms with Gasteiger partial charge >= 0.3 is 5.69 Å². The first kappa shape index (κ1) is 23.7.